The average molecular weight is 370 g/mol. The lowest BCUT2D eigenvalue weighted by atomic mass is 9.85. The molecule has 2 aliphatic rings. The number of Topliss-reactive ketones (excluding diaryl/α,β-unsaturated/α-hetero) is 1. The fourth-order valence-electron chi connectivity index (χ4n) is 3.59. The molecular formula is C18H21F3N2O3. The smallest absolute Gasteiger partial charge is 0.242 e. The molecule has 1 aromatic carbocycles. The highest BCUT2D eigenvalue weighted by Gasteiger charge is 2.40. The predicted molar refractivity (Wildman–Crippen MR) is 86.9 cm³/mol. The standard InChI is InChI=1S/C18H21F3N2O3/c19-12-9-13(20)15(14(21)10-12)16(24)11-1-5-23(6-2-11)17(25)18(22)3-7-26-8-4-18/h9-11H,1-8,22H2. The third-order valence-electron chi connectivity index (χ3n) is 5.22. The second-order valence-corrected chi connectivity index (χ2v) is 6.94. The molecule has 2 heterocycles. The molecule has 26 heavy (non-hydrogen) atoms. The van der Waals surface area contributed by atoms with Gasteiger partial charge < -0.3 is 15.4 Å². The van der Waals surface area contributed by atoms with Crippen molar-refractivity contribution in [1.82, 2.24) is 4.90 Å². The summed E-state index contributed by atoms with van der Waals surface area (Å²) in [5.74, 6) is -4.95. The first-order valence-electron chi connectivity index (χ1n) is 8.66. The minimum Gasteiger partial charge on any atom is -0.381 e. The Kier molecular flexibility index (Phi) is 5.34. The van der Waals surface area contributed by atoms with E-state index in [1.54, 1.807) is 4.90 Å². The van der Waals surface area contributed by atoms with Crippen LogP contribution in [0.3, 0.4) is 0 Å². The number of amides is 1. The molecule has 142 valence electrons. The van der Waals surface area contributed by atoms with E-state index in [0.29, 0.717) is 51.3 Å². The molecule has 2 fully saturated rings. The minimum atomic E-state index is -1.20. The number of hydrogen-bond acceptors (Lipinski definition) is 4. The first kappa shape index (κ1) is 18.8. The summed E-state index contributed by atoms with van der Waals surface area (Å²) >= 11 is 0. The molecule has 0 aliphatic carbocycles. The number of likely N-dealkylation sites (tertiary alicyclic amines) is 1. The van der Waals surface area contributed by atoms with E-state index in [-0.39, 0.29) is 18.7 Å². The Hall–Kier alpha value is -1.93. The van der Waals surface area contributed by atoms with E-state index in [1.807, 2.05) is 0 Å². The number of piperidine rings is 1. The SMILES string of the molecule is NC1(C(=O)N2CCC(C(=O)c3c(F)cc(F)cc3F)CC2)CCOCC1. The van der Waals surface area contributed by atoms with Gasteiger partial charge in [-0.1, -0.05) is 0 Å². The van der Waals surface area contributed by atoms with Gasteiger partial charge in [-0.25, -0.2) is 13.2 Å². The van der Waals surface area contributed by atoms with Crippen LogP contribution in [0.25, 0.3) is 0 Å². The van der Waals surface area contributed by atoms with Crippen LogP contribution < -0.4 is 5.73 Å². The van der Waals surface area contributed by atoms with Crippen molar-refractivity contribution in [3.8, 4) is 0 Å². The Balaban J connectivity index is 1.65. The summed E-state index contributed by atoms with van der Waals surface area (Å²) in [5.41, 5.74) is 4.53. The van der Waals surface area contributed by atoms with Crippen LogP contribution in [0.4, 0.5) is 13.2 Å². The van der Waals surface area contributed by atoms with E-state index in [0.717, 1.165) is 0 Å². The van der Waals surface area contributed by atoms with Gasteiger partial charge in [-0.05, 0) is 25.7 Å². The second-order valence-electron chi connectivity index (χ2n) is 6.94. The molecule has 2 N–H and O–H groups in total. The maximum absolute atomic E-state index is 13.8. The van der Waals surface area contributed by atoms with E-state index in [4.69, 9.17) is 10.5 Å². The van der Waals surface area contributed by atoms with Crippen LogP contribution >= 0.6 is 0 Å². The molecule has 5 nitrogen and oxygen atoms in total. The van der Waals surface area contributed by atoms with Crippen molar-refractivity contribution in [2.45, 2.75) is 31.2 Å². The first-order chi connectivity index (χ1) is 12.3. The first-order valence-corrected chi connectivity index (χ1v) is 8.66. The molecule has 0 unspecified atom stereocenters. The summed E-state index contributed by atoms with van der Waals surface area (Å²) in [6.07, 6.45) is 1.45. The van der Waals surface area contributed by atoms with E-state index in [2.05, 4.69) is 0 Å². The molecule has 0 atom stereocenters. The van der Waals surface area contributed by atoms with Crippen LogP contribution in [0.15, 0.2) is 12.1 Å². The molecule has 2 aliphatic heterocycles. The molecule has 1 aromatic rings. The lowest BCUT2D eigenvalue weighted by molar-refractivity contribution is -0.141. The van der Waals surface area contributed by atoms with E-state index >= 15 is 0 Å². The summed E-state index contributed by atoms with van der Waals surface area (Å²) in [7, 11) is 0. The number of halogens is 3. The monoisotopic (exact) mass is 370 g/mol. The zero-order valence-electron chi connectivity index (χ0n) is 14.3. The summed E-state index contributed by atoms with van der Waals surface area (Å²) < 4.78 is 45.9. The number of hydrogen-bond donors (Lipinski definition) is 1. The summed E-state index contributed by atoms with van der Waals surface area (Å²) in [5, 5.41) is 0. The van der Waals surface area contributed by atoms with Gasteiger partial charge >= 0.3 is 0 Å². The normalized spacial score (nSPS) is 20.8. The van der Waals surface area contributed by atoms with Gasteiger partial charge in [-0.2, -0.15) is 0 Å². The van der Waals surface area contributed by atoms with Crippen molar-refractivity contribution in [2.75, 3.05) is 26.3 Å². The van der Waals surface area contributed by atoms with Gasteiger partial charge in [0, 0.05) is 44.4 Å². The number of ether oxygens (including phenoxy) is 1. The average Bonchev–Trinajstić information content (AvgIpc) is 2.61. The lowest BCUT2D eigenvalue weighted by Gasteiger charge is -2.39. The van der Waals surface area contributed by atoms with Crippen LogP contribution in [0, 0.1) is 23.4 Å². The number of benzene rings is 1. The largest absolute Gasteiger partial charge is 0.381 e. The van der Waals surface area contributed by atoms with Crippen molar-refractivity contribution in [3.63, 3.8) is 0 Å². The van der Waals surface area contributed by atoms with Crippen LogP contribution in [0.5, 0.6) is 0 Å². The second kappa shape index (κ2) is 7.36. The predicted octanol–water partition coefficient (Wildman–Crippen LogP) is 2.03. The third kappa shape index (κ3) is 3.61. The van der Waals surface area contributed by atoms with Gasteiger partial charge in [0.2, 0.25) is 5.91 Å². The fourth-order valence-corrected chi connectivity index (χ4v) is 3.59. The minimum absolute atomic E-state index is 0.175. The number of rotatable bonds is 3. The van der Waals surface area contributed by atoms with Crippen molar-refractivity contribution in [2.24, 2.45) is 11.7 Å². The molecule has 0 radical (unpaired) electrons. The summed E-state index contributed by atoms with van der Waals surface area (Å²) in [6.45, 7) is 1.44. The Morgan fingerprint density at radius 2 is 1.62 bits per heavy atom. The van der Waals surface area contributed by atoms with E-state index in [1.165, 1.54) is 0 Å². The number of nitrogens with two attached hydrogens (primary N) is 1. The van der Waals surface area contributed by atoms with Crippen molar-refractivity contribution < 1.29 is 27.5 Å². The van der Waals surface area contributed by atoms with Crippen molar-refractivity contribution in [3.05, 3.63) is 35.1 Å². The van der Waals surface area contributed by atoms with Gasteiger partial charge in [-0.15, -0.1) is 0 Å². The van der Waals surface area contributed by atoms with E-state index < -0.39 is 40.3 Å². The van der Waals surface area contributed by atoms with Crippen LogP contribution in [0.2, 0.25) is 0 Å². The van der Waals surface area contributed by atoms with Crippen molar-refractivity contribution in [1.29, 1.82) is 0 Å². The summed E-state index contributed by atoms with van der Waals surface area (Å²) in [6, 6.07) is 0.997. The number of carbonyl (C=O) groups excluding carboxylic acids is 2. The van der Waals surface area contributed by atoms with Gasteiger partial charge in [-0.3, -0.25) is 9.59 Å². The van der Waals surface area contributed by atoms with Crippen LogP contribution in [-0.2, 0) is 9.53 Å². The maximum atomic E-state index is 13.8. The van der Waals surface area contributed by atoms with Crippen molar-refractivity contribution >= 4 is 11.7 Å². The maximum Gasteiger partial charge on any atom is 0.242 e. The lowest BCUT2D eigenvalue weighted by Crippen LogP contribution is -2.59. The Bertz CT molecular complexity index is 689. The Morgan fingerprint density at radius 1 is 1.08 bits per heavy atom. The molecular weight excluding hydrogens is 349 g/mol. The van der Waals surface area contributed by atoms with Crippen LogP contribution in [-0.4, -0.2) is 48.4 Å². The number of carbonyl (C=O) groups is 2. The van der Waals surface area contributed by atoms with Crippen LogP contribution in [0.1, 0.15) is 36.0 Å². The topological polar surface area (TPSA) is 72.6 Å². The highest BCUT2D eigenvalue weighted by Crippen LogP contribution is 2.28. The van der Waals surface area contributed by atoms with Gasteiger partial charge in [0.15, 0.2) is 5.78 Å². The summed E-state index contributed by atoms with van der Waals surface area (Å²) in [4.78, 5) is 26.7. The quantitative estimate of drug-likeness (QED) is 0.827. The zero-order chi connectivity index (χ0) is 18.9. The molecule has 3 rings (SSSR count). The molecule has 0 spiro atoms. The van der Waals surface area contributed by atoms with Gasteiger partial charge in [0.1, 0.15) is 17.5 Å². The molecule has 0 aromatic heterocycles. The third-order valence-corrected chi connectivity index (χ3v) is 5.22. The highest BCUT2D eigenvalue weighted by atomic mass is 19.1. The molecule has 8 heteroatoms. The molecule has 0 saturated carbocycles. The number of ketones is 1. The Labute approximate surface area is 149 Å². The molecule has 2 saturated heterocycles. The molecule has 1 amide bonds. The van der Waals surface area contributed by atoms with Gasteiger partial charge in [0.05, 0.1) is 11.1 Å². The number of nitrogens with zero attached hydrogens (tertiary/aromatic N) is 1. The van der Waals surface area contributed by atoms with Gasteiger partial charge in [0.25, 0.3) is 0 Å². The highest BCUT2D eigenvalue weighted by molar-refractivity contribution is 5.98. The molecule has 0 bridgehead atoms. The zero-order valence-corrected chi connectivity index (χ0v) is 14.3. The van der Waals surface area contributed by atoms with E-state index in [9.17, 15) is 22.8 Å². The fraction of sp³-hybridized carbons (Fsp3) is 0.556. The Morgan fingerprint density at radius 3 is 2.15 bits per heavy atom.